The highest BCUT2D eigenvalue weighted by molar-refractivity contribution is 7.09. The minimum Gasteiger partial charge on any atom is -0.356 e. The average Bonchev–Trinajstić information content (AvgIpc) is 3.10. The molecule has 1 unspecified atom stereocenters. The molecule has 2 rings (SSSR count). The molecule has 128 valence electrons. The lowest BCUT2D eigenvalue weighted by atomic mass is 9.97. The quantitative estimate of drug-likeness (QED) is 0.752. The van der Waals surface area contributed by atoms with E-state index in [-0.39, 0.29) is 17.9 Å². The largest absolute Gasteiger partial charge is 0.356 e. The van der Waals surface area contributed by atoms with Crippen LogP contribution in [0.3, 0.4) is 0 Å². The van der Waals surface area contributed by atoms with Gasteiger partial charge in [0, 0.05) is 24.5 Å². The van der Waals surface area contributed by atoms with Gasteiger partial charge in [-0.05, 0) is 30.7 Å². The Balaban J connectivity index is 1.73. The molecule has 1 atom stereocenters. The molecule has 0 spiro atoms. The van der Waals surface area contributed by atoms with Gasteiger partial charge in [-0.2, -0.15) is 0 Å². The molecule has 0 aromatic carbocycles. The van der Waals surface area contributed by atoms with Crippen LogP contribution in [0.4, 0.5) is 4.79 Å². The zero-order valence-electron chi connectivity index (χ0n) is 13.8. The maximum absolute atomic E-state index is 12.2. The topological polar surface area (TPSA) is 61.4 Å². The number of urea groups is 1. The van der Waals surface area contributed by atoms with Gasteiger partial charge < -0.3 is 15.5 Å². The third-order valence-electron chi connectivity index (χ3n) is 4.15. The molecule has 1 fully saturated rings. The van der Waals surface area contributed by atoms with E-state index >= 15 is 0 Å². The number of unbranched alkanes of at least 4 members (excludes halogenated alkanes) is 2. The highest BCUT2D eigenvalue weighted by Gasteiger charge is 2.28. The molecule has 2 N–H and O–H groups in total. The van der Waals surface area contributed by atoms with Gasteiger partial charge in [-0.25, -0.2) is 4.79 Å². The van der Waals surface area contributed by atoms with Crippen LogP contribution in [0.5, 0.6) is 0 Å². The first-order valence-corrected chi connectivity index (χ1v) is 9.41. The molecule has 1 saturated heterocycles. The molecule has 1 aromatic rings. The normalized spacial score (nSPS) is 17.8. The number of rotatable bonds is 7. The Hall–Kier alpha value is -1.56. The molecule has 1 aromatic heterocycles. The molecule has 3 amide bonds. The van der Waals surface area contributed by atoms with Crippen molar-refractivity contribution in [3.8, 4) is 0 Å². The number of nitrogens with zero attached hydrogens (tertiary/aromatic N) is 1. The third-order valence-corrected chi connectivity index (χ3v) is 5.03. The van der Waals surface area contributed by atoms with Crippen molar-refractivity contribution in [3.63, 3.8) is 0 Å². The van der Waals surface area contributed by atoms with Crippen molar-refractivity contribution in [3.05, 3.63) is 22.4 Å². The lowest BCUT2D eigenvalue weighted by Crippen LogP contribution is -2.48. The fraction of sp³-hybridized carbons (Fsp3) is 0.647. The van der Waals surface area contributed by atoms with E-state index in [1.54, 1.807) is 16.2 Å². The number of hydrogen-bond acceptors (Lipinski definition) is 3. The summed E-state index contributed by atoms with van der Waals surface area (Å²) in [6, 6.07) is 3.92. The van der Waals surface area contributed by atoms with Crippen molar-refractivity contribution in [1.82, 2.24) is 15.5 Å². The summed E-state index contributed by atoms with van der Waals surface area (Å²) < 4.78 is 0. The van der Waals surface area contributed by atoms with Crippen LogP contribution in [0.2, 0.25) is 0 Å². The second-order valence-corrected chi connectivity index (χ2v) is 7.05. The molecule has 0 radical (unpaired) electrons. The van der Waals surface area contributed by atoms with Crippen LogP contribution in [0.15, 0.2) is 17.5 Å². The molecular weight excluding hydrogens is 310 g/mol. The van der Waals surface area contributed by atoms with Crippen LogP contribution in [0, 0.1) is 5.92 Å². The number of likely N-dealkylation sites (tertiary alicyclic amines) is 1. The van der Waals surface area contributed by atoms with Crippen LogP contribution in [-0.4, -0.2) is 36.5 Å². The van der Waals surface area contributed by atoms with E-state index in [2.05, 4.69) is 17.6 Å². The Kier molecular flexibility index (Phi) is 7.39. The lowest BCUT2D eigenvalue weighted by molar-refractivity contribution is -0.126. The lowest BCUT2D eigenvalue weighted by Gasteiger charge is -2.32. The standard InChI is InChI=1S/C17H27N3O2S/c1-2-3-4-9-18-16(21)14-7-5-10-20(13-14)17(22)19-12-15-8-6-11-23-15/h6,8,11,14H,2-5,7,9-10,12-13H2,1H3,(H,18,21)(H,19,22). The molecule has 6 heteroatoms. The van der Waals surface area contributed by atoms with E-state index in [0.717, 1.165) is 50.1 Å². The summed E-state index contributed by atoms with van der Waals surface area (Å²) in [5.41, 5.74) is 0. The molecule has 0 aliphatic carbocycles. The first kappa shape index (κ1) is 17.8. The number of carbonyl (C=O) groups is 2. The molecule has 1 aliphatic rings. The highest BCUT2D eigenvalue weighted by Crippen LogP contribution is 2.17. The fourth-order valence-corrected chi connectivity index (χ4v) is 3.44. The fourth-order valence-electron chi connectivity index (χ4n) is 2.79. The molecule has 1 aliphatic heterocycles. The van der Waals surface area contributed by atoms with Crippen molar-refractivity contribution in [2.24, 2.45) is 5.92 Å². The maximum atomic E-state index is 12.2. The number of amides is 3. The van der Waals surface area contributed by atoms with E-state index in [1.165, 1.54) is 0 Å². The van der Waals surface area contributed by atoms with E-state index in [4.69, 9.17) is 0 Å². The number of nitrogens with one attached hydrogen (secondary N) is 2. The molecular formula is C17H27N3O2S. The summed E-state index contributed by atoms with van der Waals surface area (Å²) in [5, 5.41) is 7.95. The predicted molar refractivity (Wildman–Crippen MR) is 93.4 cm³/mol. The monoisotopic (exact) mass is 337 g/mol. The predicted octanol–water partition coefficient (Wildman–Crippen LogP) is 2.98. The van der Waals surface area contributed by atoms with Gasteiger partial charge in [0.2, 0.25) is 5.91 Å². The Morgan fingerprint density at radius 1 is 1.35 bits per heavy atom. The van der Waals surface area contributed by atoms with Gasteiger partial charge in [0.05, 0.1) is 12.5 Å². The van der Waals surface area contributed by atoms with Gasteiger partial charge in [-0.3, -0.25) is 4.79 Å². The molecule has 5 nitrogen and oxygen atoms in total. The van der Waals surface area contributed by atoms with E-state index in [0.29, 0.717) is 13.1 Å². The minimum atomic E-state index is -0.0714. The van der Waals surface area contributed by atoms with Crippen molar-refractivity contribution >= 4 is 23.3 Å². The van der Waals surface area contributed by atoms with Crippen molar-refractivity contribution in [2.75, 3.05) is 19.6 Å². The Morgan fingerprint density at radius 3 is 2.96 bits per heavy atom. The van der Waals surface area contributed by atoms with Crippen LogP contribution >= 0.6 is 11.3 Å². The summed E-state index contributed by atoms with van der Waals surface area (Å²) in [7, 11) is 0. The van der Waals surface area contributed by atoms with Gasteiger partial charge >= 0.3 is 6.03 Å². The van der Waals surface area contributed by atoms with Gasteiger partial charge in [0.1, 0.15) is 0 Å². The smallest absolute Gasteiger partial charge is 0.317 e. The maximum Gasteiger partial charge on any atom is 0.317 e. The summed E-state index contributed by atoms with van der Waals surface area (Å²) in [6.45, 7) is 4.70. The Morgan fingerprint density at radius 2 is 2.22 bits per heavy atom. The first-order chi connectivity index (χ1) is 11.2. The second-order valence-electron chi connectivity index (χ2n) is 6.02. The summed E-state index contributed by atoms with van der Waals surface area (Å²) in [6.07, 6.45) is 5.08. The zero-order chi connectivity index (χ0) is 16.5. The van der Waals surface area contributed by atoms with Crippen LogP contribution in [0.25, 0.3) is 0 Å². The van der Waals surface area contributed by atoms with E-state index in [9.17, 15) is 9.59 Å². The summed E-state index contributed by atoms with van der Waals surface area (Å²) in [4.78, 5) is 27.4. The Labute approximate surface area is 142 Å². The molecule has 23 heavy (non-hydrogen) atoms. The number of carbonyl (C=O) groups excluding carboxylic acids is 2. The van der Waals surface area contributed by atoms with E-state index in [1.807, 2.05) is 17.5 Å². The zero-order valence-corrected chi connectivity index (χ0v) is 14.7. The SMILES string of the molecule is CCCCCNC(=O)C1CCCN(C(=O)NCc2cccs2)C1. The average molecular weight is 337 g/mol. The van der Waals surface area contributed by atoms with Crippen molar-refractivity contribution in [2.45, 2.75) is 45.6 Å². The van der Waals surface area contributed by atoms with Crippen molar-refractivity contribution < 1.29 is 9.59 Å². The van der Waals surface area contributed by atoms with E-state index < -0.39 is 0 Å². The van der Waals surface area contributed by atoms with Crippen LogP contribution < -0.4 is 10.6 Å². The number of thiophene rings is 1. The summed E-state index contributed by atoms with van der Waals surface area (Å²) >= 11 is 1.63. The van der Waals surface area contributed by atoms with Gasteiger partial charge in [0.25, 0.3) is 0 Å². The third kappa shape index (κ3) is 5.86. The minimum absolute atomic E-state index is 0.0677. The van der Waals surface area contributed by atoms with Gasteiger partial charge in [-0.1, -0.05) is 25.8 Å². The molecule has 2 heterocycles. The van der Waals surface area contributed by atoms with Crippen LogP contribution in [-0.2, 0) is 11.3 Å². The molecule has 0 bridgehead atoms. The Bertz CT molecular complexity index is 490. The number of piperidine rings is 1. The van der Waals surface area contributed by atoms with Gasteiger partial charge in [-0.15, -0.1) is 11.3 Å². The summed E-state index contributed by atoms with van der Waals surface area (Å²) in [5.74, 6) is 0.0229. The van der Waals surface area contributed by atoms with Crippen LogP contribution in [0.1, 0.15) is 43.9 Å². The van der Waals surface area contributed by atoms with Gasteiger partial charge in [0.15, 0.2) is 0 Å². The number of hydrogen-bond donors (Lipinski definition) is 2. The first-order valence-electron chi connectivity index (χ1n) is 8.53. The molecule has 0 saturated carbocycles. The highest BCUT2D eigenvalue weighted by atomic mass is 32.1. The second kappa shape index (κ2) is 9.55. The van der Waals surface area contributed by atoms with Crippen molar-refractivity contribution in [1.29, 1.82) is 0 Å².